The number of hydrogen-bond donors (Lipinski definition) is 1. The Labute approximate surface area is 81.7 Å². The fourth-order valence-corrected chi connectivity index (χ4v) is 0.746. The Balaban J connectivity index is 2.50. The molecule has 1 rings (SSSR count). The first-order chi connectivity index (χ1) is 6.59. The minimum Gasteiger partial charge on any atom is -0.486 e. The standard InChI is InChI=1S/C10H11FN2O/c1-7(12)8(2)14-6-10-4-3-9(11)5-13-10/h3-5H,1-2,6,12H2. The van der Waals surface area contributed by atoms with Gasteiger partial charge in [0.05, 0.1) is 17.6 Å². The van der Waals surface area contributed by atoms with Crippen LogP contribution in [0, 0.1) is 5.82 Å². The SMILES string of the molecule is C=C(N)C(=C)OCc1ccc(F)cn1. The summed E-state index contributed by atoms with van der Waals surface area (Å²) < 4.78 is 17.6. The van der Waals surface area contributed by atoms with Crippen molar-refractivity contribution < 1.29 is 9.13 Å². The molecule has 0 unspecified atom stereocenters. The van der Waals surface area contributed by atoms with Crippen LogP contribution in [-0.4, -0.2) is 4.98 Å². The van der Waals surface area contributed by atoms with E-state index in [1.165, 1.54) is 12.1 Å². The van der Waals surface area contributed by atoms with Crippen LogP contribution in [0.3, 0.4) is 0 Å². The van der Waals surface area contributed by atoms with Gasteiger partial charge in [-0.05, 0) is 12.1 Å². The van der Waals surface area contributed by atoms with Crippen LogP contribution in [0.15, 0.2) is 42.9 Å². The van der Waals surface area contributed by atoms with Crippen molar-refractivity contribution in [3.63, 3.8) is 0 Å². The quantitative estimate of drug-likeness (QED) is 0.586. The predicted molar refractivity (Wildman–Crippen MR) is 51.5 cm³/mol. The number of nitrogens with two attached hydrogens (primary N) is 1. The summed E-state index contributed by atoms with van der Waals surface area (Å²) in [5, 5.41) is 0. The maximum absolute atomic E-state index is 12.5. The highest BCUT2D eigenvalue weighted by Gasteiger charge is 1.99. The lowest BCUT2D eigenvalue weighted by atomic mass is 10.3. The van der Waals surface area contributed by atoms with Crippen molar-refractivity contribution in [2.45, 2.75) is 6.61 Å². The Bertz CT molecular complexity index is 346. The molecule has 14 heavy (non-hydrogen) atoms. The molecule has 0 saturated carbocycles. The Kier molecular flexibility index (Phi) is 3.23. The number of halogens is 1. The van der Waals surface area contributed by atoms with Crippen LogP contribution in [-0.2, 0) is 11.3 Å². The monoisotopic (exact) mass is 194 g/mol. The van der Waals surface area contributed by atoms with E-state index in [2.05, 4.69) is 18.1 Å². The molecule has 0 saturated heterocycles. The van der Waals surface area contributed by atoms with Crippen LogP contribution < -0.4 is 5.73 Å². The number of aromatic nitrogens is 1. The highest BCUT2D eigenvalue weighted by Crippen LogP contribution is 2.05. The topological polar surface area (TPSA) is 48.1 Å². The normalized spacial score (nSPS) is 9.50. The molecule has 0 spiro atoms. The third-order valence-electron chi connectivity index (χ3n) is 1.54. The van der Waals surface area contributed by atoms with Gasteiger partial charge in [0.25, 0.3) is 0 Å². The molecule has 0 aliphatic heterocycles. The molecule has 0 aliphatic carbocycles. The van der Waals surface area contributed by atoms with Crippen molar-refractivity contribution in [3.8, 4) is 0 Å². The van der Waals surface area contributed by atoms with Gasteiger partial charge in [-0.15, -0.1) is 0 Å². The van der Waals surface area contributed by atoms with Crippen molar-refractivity contribution in [2.75, 3.05) is 0 Å². The van der Waals surface area contributed by atoms with Gasteiger partial charge in [-0.25, -0.2) is 4.39 Å². The summed E-state index contributed by atoms with van der Waals surface area (Å²) in [6, 6.07) is 2.84. The second-order valence-electron chi connectivity index (χ2n) is 2.70. The zero-order chi connectivity index (χ0) is 10.6. The highest BCUT2D eigenvalue weighted by atomic mass is 19.1. The third kappa shape index (κ3) is 2.90. The molecule has 1 aromatic rings. The first-order valence-electron chi connectivity index (χ1n) is 3.96. The van der Waals surface area contributed by atoms with E-state index >= 15 is 0 Å². The van der Waals surface area contributed by atoms with Crippen LogP contribution in [0.2, 0.25) is 0 Å². The highest BCUT2D eigenvalue weighted by molar-refractivity contribution is 5.15. The maximum Gasteiger partial charge on any atom is 0.141 e. The van der Waals surface area contributed by atoms with E-state index in [-0.39, 0.29) is 18.1 Å². The van der Waals surface area contributed by atoms with E-state index in [1.807, 2.05) is 0 Å². The van der Waals surface area contributed by atoms with Crippen LogP contribution in [0.1, 0.15) is 5.69 Å². The second-order valence-corrected chi connectivity index (χ2v) is 2.70. The van der Waals surface area contributed by atoms with E-state index in [0.717, 1.165) is 6.20 Å². The Morgan fingerprint density at radius 2 is 2.21 bits per heavy atom. The van der Waals surface area contributed by atoms with Gasteiger partial charge in [0, 0.05) is 0 Å². The summed E-state index contributed by atoms with van der Waals surface area (Å²) >= 11 is 0. The van der Waals surface area contributed by atoms with Crippen LogP contribution in [0.5, 0.6) is 0 Å². The molecular formula is C10H11FN2O. The zero-order valence-corrected chi connectivity index (χ0v) is 7.66. The molecule has 0 aliphatic rings. The van der Waals surface area contributed by atoms with Gasteiger partial charge >= 0.3 is 0 Å². The largest absolute Gasteiger partial charge is 0.486 e. The molecule has 0 atom stereocenters. The van der Waals surface area contributed by atoms with Crippen LogP contribution in [0.4, 0.5) is 4.39 Å². The summed E-state index contributed by atoms with van der Waals surface area (Å²) in [6.45, 7) is 7.20. The van der Waals surface area contributed by atoms with E-state index in [1.54, 1.807) is 0 Å². The summed E-state index contributed by atoms with van der Waals surface area (Å²) in [5.41, 5.74) is 6.20. The second kappa shape index (κ2) is 4.41. The van der Waals surface area contributed by atoms with E-state index in [9.17, 15) is 4.39 Å². The number of hydrogen-bond acceptors (Lipinski definition) is 3. The van der Waals surface area contributed by atoms with Crippen molar-refractivity contribution in [2.24, 2.45) is 5.73 Å². The number of rotatable bonds is 4. The molecule has 2 N–H and O–H groups in total. The lowest BCUT2D eigenvalue weighted by Gasteiger charge is -2.07. The average Bonchev–Trinajstić information content (AvgIpc) is 2.16. The first-order valence-corrected chi connectivity index (χ1v) is 3.96. The van der Waals surface area contributed by atoms with Gasteiger partial charge in [0.15, 0.2) is 0 Å². The lowest BCUT2D eigenvalue weighted by Crippen LogP contribution is -2.03. The summed E-state index contributed by atoms with van der Waals surface area (Å²) in [6.07, 6.45) is 1.12. The number of nitrogens with zero attached hydrogens (tertiary/aromatic N) is 1. The molecule has 0 radical (unpaired) electrons. The maximum atomic E-state index is 12.5. The molecule has 1 aromatic heterocycles. The van der Waals surface area contributed by atoms with Crippen molar-refractivity contribution >= 4 is 0 Å². The van der Waals surface area contributed by atoms with Crippen molar-refractivity contribution in [1.82, 2.24) is 4.98 Å². The van der Waals surface area contributed by atoms with Gasteiger partial charge in [-0.3, -0.25) is 4.98 Å². The molecule has 0 bridgehead atoms. The molecule has 3 nitrogen and oxygen atoms in total. The average molecular weight is 194 g/mol. The number of ether oxygens (including phenoxy) is 1. The Morgan fingerprint density at radius 3 is 2.71 bits per heavy atom. The van der Waals surface area contributed by atoms with E-state index in [4.69, 9.17) is 10.5 Å². The molecular weight excluding hydrogens is 183 g/mol. The summed E-state index contributed by atoms with van der Waals surface area (Å²) in [5.74, 6) is -0.0769. The predicted octanol–water partition coefficient (Wildman–Crippen LogP) is 1.72. The van der Waals surface area contributed by atoms with Crippen LogP contribution >= 0.6 is 0 Å². The fourth-order valence-electron chi connectivity index (χ4n) is 0.746. The van der Waals surface area contributed by atoms with E-state index < -0.39 is 0 Å². The smallest absolute Gasteiger partial charge is 0.141 e. The Hall–Kier alpha value is -1.84. The zero-order valence-electron chi connectivity index (χ0n) is 7.66. The Morgan fingerprint density at radius 1 is 1.50 bits per heavy atom. The van der Waals surface area contributed by atoms with Gasteiger partial charge in [0.1, 0.15) is 18.2 Å². The van der Waals surface area contributed by atoms with Gasteiger partial charge < -0.3 is 10.5 Å². The lowest BCUT2D eigenvalue weighted by molar-refractivity contribution is 0.204. The minimum absolute atomic E-state index is 0.204. The molecule has 0 aromatic carbocycles. The van der Waals surface area contributed by atoms with Gasteiger partial charge in [-0.1, -0.05) is 13.2 Å². The van der Waals surface area contributed by atoms with Gasteiger partial charge in [-0.2, -0.15) is 0 Å². The first kappa shape index (κ1) is 10.2. The van der Waals surface area contributed by atoms with Crippen LogP contribution in [0.25, 0.3) is 0 Å². The summed E-state index contributed by atoms with van der Waals surface area (Å²) in [7, 11) is 0. The minimum atomic E-state index is -0.379. The van der Waals surface area contributed by atoms with E-state index in [0.29, 0.717) is 11.5 Å². The summed E-state index contributed by atoms with van der Waals surface area (Å²) in [4.78, 5) is 3.80. The molecule has 1 heterocycles. The molecule has 0 fully saturated rings. The fraction of sp³-hybridized carbons (Fsp3) is 0.100. The van der Waals surface area contributed by atoms with Gasteiger partial charge in [0.2, 0.25) is 0 Å². The molecule has 4 heteroatoms. The van der Waals surface area contributed by atoms with Crippen molar-refractivity contribution in [1.29, 1.82) is 0 Å². The third-order valence-corrected chi connectivity index (χ3v) is 1.54. The molecule has 0 amide bonds. The van der Waals surface area contributed by atoms with Crippen molar-refractivity contribution in [3.05, 3.63) is 54.5 Å². The molecule has 74 valence electrons. The number of pyridine rings is 1.